The van der Waals surface area contributed by atoms with Crippen LogP contribution in [0.5, 0.6) is 5.75 Å². The third-order valence-electron chi connectivity index (χ3n) is 3.18. The van der Waals surface area contributed by atoms with Crippen molar-refractivity contribution in [2.45, 2.75) is 6.54 Å². The van der Waals surface area contributed by atoms with E-state index in [1.54, 1.807) is 7.11 Å². The van der Waals surface area contributed by atoms with Crippen molar-refractivity contribution in [3.63, 3.8) is 0 Å². The quantitative estimate of drug-likeness (QED) is 0.632. The Labute approximate surface area is 139 Å². The summed E-state index contributed by atoms with van der Waals surface area (Å²) in [6.07, 6.45) is 1.35. The van der Waals surface area contributed by atoms with Crippen LogP contribution in [0.15, 0.2) is 60.3 Å². The number of carbonyl (C=O) groups is 1. The van der Waals surface area contributed by atoms with Gasteiger partial charge in [-0.25, -0.2) is 4.39 Å². The zero-order valence-corrected chi connectivity index (χ0v) is 13.0. The molecule has 0 atom stereocenters. The Morgan fingerprint density at radius 2 is 1.88 bits per heavy atom. The van der Waals surface area contributed by atoms with Gasteiger partial charge in [-0.15, -0.1) is 0 Å². The van der Waals surface area contributed by atoms with Crippen LogP contribution in [-0.2, 0) is 11.3 Å². The van der Waals surface area contributed by atoms with Crippen LogP contribution in [0.3, 0.4) is 0 Å². The SMILES string of the molecule is COc1ccc(CN/C=C(/C#N)C(=O)Nc2ccc(F)cc2)cc1. The first-order valence-electron chi connectivity index (χ1n) is 7.16. The summed E-state index contributed by atoms with van der Waals surface area (Å²) in [5, 5.41) is 14.5. The molecule has 0 heterocycles. The topological polar surface area (TPSA) is 74.1 Å². The number of carbonyl (C=O) groups excluding carboxylic acids is 1. The highest BCUT2D eigenvalue weighted by Crippen LogP contribution is 2.11. The molecule has 5 nitrogen and oxygen atoms in total. The number of rotatable bonds is 6. The fraction of sp³-hybridized carbons (Fsp3) is 0.111. The molecule has 0 bridgehead atoms. The maximum absolute atomic E-state index is 12.8. The number of hydrogen-bond acceptors (Lipinski definition) is 4. The van der Waals surface area contributed by atoms with E-state index in [-0.39, 0.29) is 5.57 Å². The maximum atomic E-state index is 12.8. The smallest absolute Gasteiger partial charge is 0.267 e. The molecule has 2 aromatic carbocycles. The first kappa shape index (κ1) is 17.0. The Kier molecular flexibility index (Phi) is 5.92. The van der Waals surface area contributed by atoms with Gasteiger partial charge in [0.2, 0.25) is 0 Å². The molecular formula is C18H16FN3O2. The van der Waals surface area contributed by atoms with Gasteiger partial charge in [-0.2, -0.15) is 5.26 Å². The van der Waals surface area contributed by atoms with Gasteiger partial charge in [0.15, 0.2) is 0 Å². The van der Waals surface area contributed by atoms with Gasteiger partial charge >= 0.3 is 0 Å². The highest BCUT2D eigenvalue weighted by atomic mass is 19.1. The second-order valence-electron chi connectivity index (χ2n) is 4.86. The molecule has 0 unspecified atom stereocenters. The van der Waals surface area contributed by atoms with Crippen molar-refractivity contribution < 1.29 is 13.9 Å². The number of halogens is 1. The number of nitrogens with zero attached hydrogens (tertiary/aromatic N) is 1. The second kappa shape index (κ2) is 8.34. The minimum Gasteiger partial charge on any atom is -0.497 e. The van der Waals surface area contributed by atoms with Gasteiger partial charge in [0.25, 0.3) is 5.91 Å². The minimum absolute atomic E-state index is 0.0761. The molecule has 0 spiro atoms. The van der Waals surface area contributed by atoms with Crippen molar-refractivity contribution in [1.29, 1.82) is 5.26 Å². The Bertz CT molecular complexity index is 762. The summed E-state index contributed by atoms with van der Waals surface area (Å²) >= 11 is 0. The molecule has 2 N–H and O–H groups in total. The zero-order chi connectivity index (χ0) is 17.4. The summed E-state index contributed by atoms with van der Waals surface area (Å²) in [6, 6.07) is 14.5. The van der Waals surface area contributed by atoms with Crippen molar-refractivity contribution in [2.24, 2.45) is 0 Å². The highest BCUT2D eigenvalue weighted by molar-refractivity contribution is 6.06. The number of amides is 1. The molecule has 1 amide bonds. The molecule has 0 aliphatic carbocycles. The number of nitrogens with one attached hydrogen (secondary N) is 2. The van der Waals surface area contributed by atoms with Crippen LogP contribution in [0.4, 0.5) is 10.1 Å². The number of ether oxygens (including phenoxy) is 1. The fourth-order valence-corrected chi connectivity index (χ4v) is 1.89. The Morgan fingerprint density at radius 3 is 2.46 bits per heavy atom. The lowest BCUT2D eigenvalue weighted by Gasteiger charge is -2.06. The summed E-state index contributed by atoms with van der Waals surface area (Å²) < 4.78 is 17.9. The van der Waals surface area contributed by atoms with E-state index in [4.69, 9.17) is 10.00 Å². The lowest BCUT2D eigenvalue weighted by molar-refractivity contribution is -0.112. The molecule has 0 saturated carbocycles. The molecule has 0 aromatic heterocycles. The van der Waals surface area contributed by atoms with Crippen LogP contribution in [-0.4, -0.2) is 13.0 Å². The number of methoxy groups -OCH3 is 1. The van der Waals surface area contributed by atoms with E-state index in [0.29, 0.717) is 12.2 Å². The van der Waals surface area contributed by atoms with E-state index in [9.17, 15) is 9.18 Å². The van der Waals surface area contributed by atoms with E-state index < -0.39 is 11.7 Å². The molecule has 0 aliphatic heterocycles. The summed E-state index contributed by atoms with van der Waals surface area (Å²) in [5.74, 6) is -0.206. The molecule has 122 valence electrons. The Morgan fingerprint density at radius 1 is 1.21 bits per heavy atom. The number of nitriles is 1. The minimum atomic E-state index is -0.564. The summed E-state index contributed by atoms with van der Waals surface area (Å²) in [4.78, 5) is 12.0. The van der Waals surface area contributed by atoms with E-state index in [0.717, 1.165) is 11.3 Å². The van der Waals surface area contributed by atoms with Crippen LogP contribution < -0.4 is 15.4 Å². The number of benzene rings is 2. The fourth-order valence-electron chi connectivity index (χ4n) is 1.89. The van der Waals surface area contributed by atoms with E-state index in [1.165, 1.54) is 30.5 Å². The van der Waals surface area contributed by atoms with Gasteiger partial charge in [-0.3, -0.25) is 4.79 Å². The molecule has 0 saturated heterocycles. The largest absolute Gasteiger partial charge is 0.497 e. The standard InChI is InChI=1S/C18H16FN3O2/c1-24-17-8-2-13(3-9-17)11-21-12-14(10-20)18(23)22-16-6-4-15(19)5-7-16/h2-9,12,21H,11H2,1H3,(H,22,23)/b14-12-. The average molecular weight is 325 g/mol. The maximum Gasteiger partial charge on any atom is 0.267 e. The van der Waals surface area contributed by atoms with Crippen LogP contribution >= 0.6 is 0 Å². The summed E-state index contributed by atoms with van der Waals surface area (Å²) in [7, 11) is 1.59. The Balaban J connectivity index is 1.93. The normalized spacial score (nSPS) is 10.6. The lowest BCUT2D eigenvalue weighted by atomic mass is 10.2. The van der Waals surface area contributed by atoms with E-state index >= 15 is 0 Å². The summed E-state index contributed by atoms with van der Waals surface area (Å²) in [6.45, 7) is 0.457. The van der Waals surface area contributed by atoms with Crippen LogP contribution in [0, 0.1) is 17.1 Å². The molecule has 2 aromatic rings. The van der Waals surface area contributed by atoms with Gasteiger partial charge in [-0.05, 0) is 42.0 Å². The predicted octanol–water partition coefficient (Wildman–Crippen LogP) is 2.97. The average Bonchev–Trinajstić information content (AvgIpc) is 2.61. The summed E-state index contributed by atoms with van der Waals surface area (Å²) in [5.41, 5.74) is 1.31. The first-order chi connectivity index (χ1) is 11.6. The number of anilines is 1. The number of hydrogen-bond donors (Lipinski definition) is 2. The molecule has 24 heavy (non-hydrogen) atoms. The van der Waals surface area contributed by atoms with Gasteiger partial charge in [-0.1, -0.05) is 12.1 Å². The van der Waals surface area contributed by atoms with Gasteiger partial charge < -0.3 is 15.4 Å². The molecule has 0 fully saturated rings. The molecule has 0 aliphatic rings. The van der Waals surface area contributed by atoms with Gasteiger partial charge in [0.05, 0.1) is 7.11 Å². The van der Waals surface area contributed by atoms with Gasteiger partial charge in [0.1, 0.15) is 23.2 Å². The molecule has 0 radical (unpaired) electrons. The van der Waals surface area contributed by atoms with Gasteiger partial charge in [0, 0.05) is 18.4 Å². The lowest BCUT2D eigenvalue weighted by Crippen LogP contribution is -2.16. The highest BCUT2D eigenvalue weighted by Gasteiger charge is 2.09. The second-order valence-corrected chi connectivity index (χ2v) is 4.86. The monoisotopic (exact) mass is 325 g/mol. The third-order valence-corrected chi connectivity index (χ3v) is 3.18. The molecular weight excluding hydrogens is 309 g/mol. The van der Waals surface area contributed by atoms with Crippen LogP contribution in [0.2, 0.25) is 0 Å². The van der Waals surface area contributed by atoms with Crippen molar-refractivity contribution >= 4 is 11.6 Å². The Hall–Kier alpha value is -3.33. The van der Waals surface area contributed by atoms with Crippen LogP contribution in [0.25, 0.3) is 0 Å². The molecule has 6 heteroatoms. The van der Waals surface area contributed by atoms with Crippen molar-refractivity contribution in [3.05, 3.63) is 71.7 Å². The van der Waals surface area contributed by atoms with Crippen molar-refractivity contribution in [2.75, 3.05) is 12.4 Å². The van der Waals surface area contributed by atoms with Crippen LogP contribution in [0.1, 0.15) is 5.56 Å². The van der Waals surface area contributed by atoms with E-state index in [2.05, 4.69) is 10.6 Å². The predicted molar refractivity (Wildman–Crippen MR) is 88.6 cm³/mol. The third kappa shape index (κ3) is 4.85. The van der Waals surface area contributed by atoms with E-state index in [1.807, 2.05) is 30.3 Å². The van der Waals surface area contributed by atoms with Crippen molar-refractivity contribution in [1.82, 2.24) is 5.32 Å². The molecule has 2 rings (SSSR count). The zero-order valence-electron chi connectivity index (χ0n) is 13.0. The van der Waals surface area contributed by atoms with Crippen molar-refractivity contribution in [3.8, 4) is 11.8 Å². The first-order valence-corrected chi connectivity index (χ1v) is 7.16.